The van der Waals surface area contributed by atoms with Crippen LogP contribution in [0.4, 0.5) is 4.79 Å². The molecule has 0 aromatic carbocycles. The van der Waals surface area contributed by atoms with Gasteiger partial charge < -0.3 is 19.5 Å². The van der Waals surface area contributed by atoms with E-state index in [0.717, 1.165) is 6.42 Å². The van der Waals surface area contributed by atoms with Gasteiger partial charge in [0.15, 0.2) is 0 Å². The maximum atomic E-state index is 12.1. The molecule has 120 valence electrons. The van der Waals surface area contributed by atoms with Crippen LogP contribution in [-0.4, -0.2) is 53.0 Å². The number of carboxylic acid groups (broad SMARTS) is 1. The van der Waals surface area contributed by atoms with Crippen LogP contribution in [0, 0.1) is 5.92 Å². The van der Waals surface area contributed by atoms with Crippen molar-refractivity contribution in [2.75, 3.05) is 19.7 Å². The molecule has 0 aromatic rings. The molecule has 0 saturated carbocycles. The van der Waals surface area contributed by atoms with Crippen LogP contribution in [-0.2, 0) is 14.3 Å². The fourth-order valence-electron chi connectivity index (χ4n) is 3.22. The number of hydrogen-bond acceptors (Lipinski definition) is 4. The van der Waals surface area contributed by atoms with Crippen LogP contribution in [0.1, 0.15) is 46.5 Å². The molecule has 2 aliphatic rings. The van der Waals surface area contributed by atoms with Crippen LogP contribution in [0.2, 0.25) is 0 Å². The molecule has 1 amide bonds. The lowest BCUT2D eigenvalue weighted by molar-refractivity contribution is -0.149. The van der Waals surface area contributed by atoms with Crippen molar-refractivity contribution < 1.29 is 24.2 Å². The third-order valence-corrected chi connectivity index (χ3v) is 4.21. The summed E-state index contributed by atoms with van der Waals surface area (Å²) in [4.78, 5) is 25.2. The highest BCUT2D eigenvalue weighted by molar-refractivity contribution is 5.72. The van der Waals surface area contributed by atoms with Gasteiger partial charge in [0.2, 0.25) is 0 Å². The van der Waals surface area contributed by atoms with Crippen LogP contribution in [0.3, 0.4) is 0 Å². The molecule has 0 radical (unpaired) electrons. The first-order chi connectivity index (χ1) is 9.73. The van der Waals surface area contributed by atoms with Crippen molar-refractivity contribution >= 4 is 12.1 Å². The molecule has 0 aromatic heterocycles. The van der Waals surface area contributed by atoms with Crippen LogP contribution in [0.25, 0.3) is 0 Å². The van der Waals surface area contributed by atoms with Gasteiger partial charge in [0.05, 0.1) is 11.5 Å². The number of amides is 1. The molecule has 1 N–H and O–H groups in total. The van der Waals surface area contributed by atoms with Crippen LogP contribution >= 0.6 is 0 Å². The molecule has 6 heteroatoms. The number of aliphatic carboxylic acids is 1. The number of carbonyl (C=O) groups is 2. The highest BCUT2D eigenvalue weighted by atomic mass is 16.6. The Labute approximate surface area is 125 Å². The molecule has 21 heavy (non-hydrogen) atoms. The number of carboxylic acids is 1. The molecule has 1 spiro atoms. The van der Waals surface area contributed by atoms with E-state index < -0.39 is 23.1 Å². The average Bonchev–Trinajstić information content (AvgIpc) is 2.62. The minimum Gasteiger partial charge on any atom is -0.481 e. The van der Waals surface area contributed by atoms with E-state index in [2.05, 4.69) is 0 Å². The van der Waals surface area contributed by atoms with E-state index in [-0.39, 0.29) is 6.09 Å². The number of nitrogens with zero attached hydrogens (tertiary/aromatic N) is 1. The van der Waals surface area contributed by atoms with Gasteiger partial charge in [-0.25, -0.2) is 4.79 Å². The van der Waals surface area contributed by atoms with E-state index in [0.29, 0.717) is 39.0 Å². The Morgan fingerprint density at radius 1 is 1.29 bits per heavy atom. The van der Waals surface area contributed by atoms with E-state index in [1.165, 1.54) is 0 Å². The Hall–Kier alpha value is -1.30. The Bertz CT molecular complexity index is 417. The van der Waals surface area contributed by atoms with Gasteiger partial charge in [-0.1, -0.05) is 0 Å². The number of likely N-dealkylation sites (tertiary alicyclic amines) is 1. The van der Waals surface area contributed by atoms with E-state index in [1.54, 1.807) is 4.90 Å². The third kappa shape index (κ3) is 3.67. The van der Waals surface area contributed by atoms with E-state index in [1.807, 2.05) is 20.8 Å². The van der Waals surface area contributed by atoms with Crippen molar-refractivity contribution in [2.45, 2.75) is 57.7 Å². The minimum absolute atomic E-state index is 0.329. The Kier molecular flexibility index (Phi) is 4.46. The summed E-state index contributed by atoms with van der Waals surface area (Å²) in [5.41, 5.74) is -1.13. The summed E-state index contributed by atoms with van der Waals surface area (Å²) in [6, 6.07) is 0. The molecule has 2 aliphatic heterocycles. The normalized spacial score (nSPS) is 30.2. The summed E-state index contributed by atoms with van der Waals surface area (Å²) in [5, 5.41) is 9.37. The first-order valence-electron chi connectivity index (χ1n) is 7.58. The summed E-state index contributed by atoms with van der Waals surface area (Å²) in [6.07, 6.45) is 2.21. The molecule has 2 atom stereocenters. The fourth-order valence-corrected chi connectivity index (χ4v) is 3.22. The van der Waals surface area contributed by atoms with Gasteiger partial charge in [-0.3, -0.25) is 4.79 Å². The minimum atomic E-state index is -0.793. The molecule has 2 rings (SSSR count). The number of carbonyl (C=O) groups excluding carboxylic acids is 1. The zero-order chi connectivity index (χ0) is 15.7. The standard InChI is InChI=1S/C15H25NO5/c1-14(2,3)21-13(19)16-8-4-6-15(7-9-16)11(12(17)18)5-10-20-15/h11H,4-10H2,1-3H3,(H,17,18). The lowest BCUT2D eigenvalue weighted by Crippen LogP contribution is -2.42. The quantitative estimate of drug-likeness (QED) is 0.803. The second-order valence-electron chi connectivity index (χ2n) is 6.91. The van der Waals surface area contributed by atoms with Crippen LogP contribution in [0.15, 0.2) is 0 Å². The lowest BCUT2D eigenvalue weighted by atomic mass is 9.81. The summed E-state index contributed by atoms with van der Waals surface area (Å²) in [6.45, 7) is 7.08. The highest BCUT2D eigenvalue weighted by Crippen LogP contribution is 2.40. The van der Waals surface area contributed by atoms with Crippen molar-refractivity contribution in [3.8, 4) is 0 Å². The van der Waals surface area contributed by atoms with E-state index in [4.69, 9.17) is 9.47 Å². The average molecular weight is 299 g/mol. The molecule has 2 unspecified atom stereocenters. The van der Waals surface area contributed by atoms with Crippen molar-refractivity contribution in [1.82, 2.24) is 4.90 Å². The van der Waals surface area contributed by atoms with Crippen molar-refractivity contribution in [1.29, 1.82) is 0 Å². The number of hydrogen-bond donors (Lipinski definition) is 1. The predicted molar refractivity (Wildman–Crippen MR) is 76.1 cm³/mol. The molecular weight excluding hydrogens is 274 g/mol. The Balaban J connectivity index is 2.02. The van der Waals surface area contributed by atoms with Gasteiger partial charge in [-0.2, -0.15) is 0 Å². The largest absolute Gasteiger partial charge is 0.481 e. The Morgan fingerprint density at radius 2 is 2.00 bits per heavy atom. The van der Waals surface area contributed by atoms with E-state index in [9.17, 15) is 14.7 Å². The summed E-state index contributed by atoms with van der Waals surface area (Å²) in [7, 11) is 0. The molecule has 6 nitrogen and oxygen atoms in total. The summed E-state index contributed by atoms with van der Waals surface area (Å²) >= 11 is 0. The van der Waals surface area contributed by atoms with Crippen molar-refractivity contribution in [2.24, 2.45) is 5.92 Å². The van der Waals surface area contributed by atoms with Crippen LogP contribution < -0.4 is 0 Å². The van der Waals surface area contributed by atoms with Crippen molar-refractivity contribution in [3.63, 3.8) is 0 Å². The van der Waals surface area contributed by atoms with Crippen LogP contribution in [0.5, 0.6) is 0 Å². The summed E-state index contributed by atoms with van der Waals surface area (Å²) < 4.78 is 11.2. The smallest absolute Gasteiger partial charge is 0.410 e. The molecule has 0 aliphatic carbocycles. The van der Waals surface area contributed by atoms with Gasteiger partial charge in [0.1, 0.15) is 5.60 Å². The van der Waals surface area contributed by atoms with E-state index >= 15 is 0 Å². The molecular formula is C15H25NO5. The maximum absolute atomic E-state index is 12.1. The fraction of sp³-hybridized carbons (Fsp3) is 0.867. The van der Waals surface area contributed by atoms with Gasteiger partial charge in [0, 0.05) is 19.7 Å². The SMILES string of the molecule is CC(C)(C)OC(=O)N1CCCC2(CC1)OCCC2C(=O)O. The van der Waals surface area contributed by atoms with Gasteiger partial charge in [-0.15, -0.1) is 0 Å². The zero-order valence-corrected chi connectivity index (χ0v) is 13.1. The number of rotatable bonds is 1. The zero-order valence-electron chi connectivity index (χ0n) is 13.1. The Morgan fingerprint density at radius 3 is 2.62 bits per heavy atom. The second kappa shape index (κ2) is 5.83. The summed E-state index contributed by atoms with van der Waals surface area (Å²) in [5.74, 6) is -1.26. The third-order valence-electron chi connectivity index (χ3n) is 4.21. The highest BCUT2D eigenvalue weighted by Gasteiger charge is 2.49. The first kappa shape index (κ1) is 16.1. The second-order valence-corrected chi connectivity index (χ2v) is 6.91. The maximum Gasteiger partial charge on any atom is 0.410 e. The van der Waals surface area contributed by atoms with Gasteiger partial charge in [-0.05, 0) is 46.5 Å². The number of ether oxygens (including phenoxy) is 2. The first-order valence-corrected chi connectivity index (χ1v) is 7.58. The van der Waals surface area contributed by atoms with Gasteiger partial charge in [0.25, 0.3) is 0 Å². The molecule has 2 saturated heterocycles. The molecule has 2 fully saturated rings. The monoisotopic (exact) mass is 299 g/mol. The molecule has 2 heterocycles. The predicted octanol–water partition coefficient (Wildman–Crippen LogP) is 2.27. The topological polar surface area (TPSA) is 76.1 Å². The van der Waals surface area contributed by atoms with Gasteiger partial charge >= 0.3 is 12.1 Å². The van der Waals surface area contributed by atoms with Crippen molar-refractivity contribution in [3.05, 3.63) is 0 Å². The lowest BCUT2D eigenvalue weighted by Gasteiger charge is -2.31. The molecule has 0 bridgehead atoms.